The Bertz CT molecular complexity index is 445. The van der Waals surface area contributed by atoms with Gasteiger partial charge in [0.15, 0.2) is 0 Å². The first-order valence-corrected chi connectivity index (χ1v) is 5.30. The van der Waals surface area contributed by atoms with Crippen molar-refractivity contribution in [2.24, 2.45) is 0 Å². The first kappa shape index (κ1) is 12.5. The maximum Gasteiger partial charge on any atom is 0.337 e. The fourth-order valence-electron chi connectivity index (χ4n) is 1.26. The first-order chi connectivity index (χ1) is 7.47. The highest BCUT2D eigenvalue weighted by Gasteiger charge is 2.17. The lowest BCUT2D eigenvalue weighted by atomic mass is 10.1. The van der Waals surface area contributed by atoms with Crippen LogP contribution in [0.1, 0.15) is 27.6 Å². The predicted octanol–water partition coefficient (Wildman–Crippen LogP) is 2.28. The van der Waals surface area contributed by atoms with Gasteiger partial charge in [-0.05, 0) is 35.0 Å². The second-order valence-corrected chi connectivity index (χ2v) is 3.88. The molecule has 5 nitrogen and oxygen atoms in total. The Balaban J connectivity index is 3.39. The highest BCUT2D eigenvalue weighted by atomic mass is 79.9. The van der Waals surface area contributed by atoms with Crippen LogP contribution in [0.2, 0.25) is 0 Å². The third-order valence-corrected chi connectivity index (χ3v) is 2.55. The summed E-state index contributed by atoms with van der Waals surface area (Å²) in [6.45, 7) is 2.37. The fraction of sp³-hybridized carbons (Fsp3) is 0.200. The molecule has 1 aromatic rings. The molecule has 0 heterocycles. The summed E-state index contributed by atoms with van der Waals surface area (Å²) >= 11 is 3.15. The number of carboxylic acid groups (broad SMARTS) is 2. The lowest BCUT2D eigenvalue weighted by molar-refractivity contribution is 0.0696. The van der Waals surface area contributed by atoms with Gasteiger partial charge in [-0.25, -0.2) is 9.59 Å². The Morgan fingerprint density at radius 2 is 1.94 bits per heavy atom. The Labute approximate surface area is 100 Å². The molecule has 1 rings (SSSR count). The molecule has 16 heavy (non-hydrogen) atoms. The Morgan fingerprint density at radius 3 is 2.38 bits per heavy atom. The molecule has 0 radical (unpaired) electrons. The van der Waals surface area contributed by atoms with Crippen LogP contribution in [-0.2, 0) is 0 Å². The zero-order valence-electron chi connectivity index (χ0n) is 8.45. The van der Waals surface area contributed by atoms with Crippen molar-refractivity contribution in [1.82, 2.24) is 0 Å². The summed E-state index contributed by atoms with van der Waals surface area (Å²) < 4.78 is 0.423. The SMILES string of the molecule is CCNc1c(Br)cc(C(=O)O)cc1C(=O)O. The monoisotopic (exact) mass is 287 g/mol. The molecule has 0 saturated carbocycles. The number of carbonyl (C=O) groups is 2. The number of carboxylic acids is 2. The van der Waals surface area contributed by atoms with E-state index in [0.29, 0.717) is 16.7 Å². The van der Waals surface area contributed by atoms with E-state index in [-0.39, 0.29) is 11.1 Å². The van der Waals surface area contributed by atoms with Crippen LogP contribution in [0.3, 0.4) is 0 Å². The Hall–Kier alpha value is -1.56. The van der Waals surface area contributed by atoms with Crippen molar-refractivity contribution in [3.63, 3.8) is 0 Å². The summed E-state index contributed by atoms with van der Waals surface area (Å²) in [5.41, 5.74) is 0.263. The number of hydrogen-bond acceptors (Lipinski definition) is 3. The molecule has 0 fully saturated rings. The second kappa shape index (κ2) is 4.98. The van der Waals surface area contributed by atoms with Gasteiger partial charge in [0.2, 0.25) is 0 Å². The summed E-state index contributed by atoms with van der Waals surface area (Å²) in [6.07, 6.45) is 0. The van der Waals surface area contributed by atoms with Gasteiger partial charge in [0, 0.05) is 11.0 Å². The van der Waals surface area contributed by atoms with Gasteiger partial charge in [-0.1, -0.05) is 0 Å². The van der Waals surface area contributed by atoms with Gasteiger partial charge in [0.1, 0.15) is 0 Å². The second-order valence-electron chi connectivity index (χ2n) is 3.02. The smallest absolute Gasteiger partial charge is 0.337 e. The standard InChI is InChI=1S/C10H10BrNO4/c1-2-12-8-6(10(15)16)3-5(9(13)14)4-7(8)11/h3-4,12H,2H2,1H3,(H,13,14)(H,15,16). The molecule has 86 valence electrons. The van der Waals surface area contributed by atoms with Crippen molar-refractivity contribution >= 4 is 33.6 Å². The quantitative estimate of drug-likeness (QED) is 0.791. The highest BCUT2D eigenvalue weighted by Crippen LogP contribution is 2.28. The van der Waals surface area contributed by atoms with Crippen LogP contribution in [0, 0.1) is 0 Å². The maximum absolute atomic E-state index is 11.0. The van der Waals surface area contributed by atoms with E-state index in [0.717, 1.165) is 6.07 Å². The van der Waals surface area contributed by atoms with Gasteiger partial charge in [-0.3, -0.25) is 0 Å². The summed E-state index contributed by atoms with van der Waals surface area (Å²) in [5, 5.41) is 20.6. The van der Waals surface area contributed by atoms with Crippen LogP contribution in [0.25, 0.3) is 0 Å². The van der Waals surface area contributed by atoms with E-state index in [4.69, 9.17) is 10.2 Å². The number of benzene rings is 1. The topological polar surface area (TPSA) is 86.6 Å². The molecule has 1 aromatic carbocycles. The number of hydrogen-bond donors (Lipinski definition) is 3. The number of anilines is 1. The first-order valence-electron chi connectivity index (χ1n) is 4.51. The number of nitrogens with one attached hydrogen (secondary N) is 1. The molecule has 0 aromatic heterocycles. The van der Waals surface area contributed by atoms with E-state index in [2.05, 4.69) is 21.2 Å². The summed E-state index contributed by atoms with van der Waals surface area (Å²) in [5.74, 6) is -2.33. The normalized spacial score (nSPS) is 9.88. The van der Waals surface area contributed by atoms with Crippen LogP contribution in [0.5, 0.6) is 0 Å². The van der Waals surface area contributed by atoms with Crippen molar-refractivity contribution in [3.8, 4) is 0 Å². The average molecular weight is 288 g/mol. The van der Waals surface area contributed by atoms with Gasteiger partial charge < -0.3 is 15.5 Å². The van der Waals surface area contributed by atoms with Crippen molar-refractivity contribution in [2.75, 3.05) is 11.9 Å². The molecule has 0 amide bonds. The minimum Gasteiger partial charge on any atom is -0.478 e. The molecule has 0 spiro atoms. The molecule has 0 unspecified atom stereocenters. The number of halogens is 1. The number of rotatable bonds is 4. The minimum atomic E-state index is -1.17. The van der Waals surface area contributed by atoms with Crippen molar-refractivity contribution in [2.45, 2.75) is 6.92 Å². The van der Waals surface area contributed by atoms with E-state index < -0.39 is 11.9 Å². The van der Waals surface area contributed by atoms with Crippen LogP contribution in [0.15, 0.2) is 16.6 Å². The molecule has 0 aliphatic rings. The zero-order valence-corrected chi connectivity index (χ0v) is 10.0. The number of aromatic carboxylic acids is 2. The van der Waals surface area contributed by atoms with Crippen molar-refractivity contribution in [3.05, 3.63) is 27.7 Å². The molecular weight excluding hydrogens is 278 g/mol. The van der Waals surface area contributed by atoms with Gasteiger partial charge in [0.05, 0.1) is 16.8 Å². The Kier molecular flexibility index (Phi) is 3.89. The van der Waals surface area contributed by atoms with E-state index >= 15 is 0 Å². The van der Waals surface area contributed by atoms with Crippen LogP contribution >= 0.6 is 15.9 Å². The van der Waals surface area contributed by atoms with E-state index in [1.54, 1.807) is 0 Å². The third kappa shape index (κ3) is 2.52. The molecule has 6 heteroatoms. The summed E-state index contributed by atoms with van der Waals surface area (Å²) in [4.78, 5) is 21.7. The highest BCUT2D eigenvalue weighted by molar-refractivity contribution is 9.10. The van der Waals surface area contributed by atoms with Gasteiger partial charge >= 0.3 is 11.9 Å². The molecule has 0 atom stereocenters. The van der Waals surface area contributed by atoms with Gasteiger partial charge in [-0.15, -0.1) is 0 Å². The van der Waals surface area contributed by atoms with Crippen molar-refractivity contribution < 1.29 is 19.8 Å². The Morgan fingerprint density at radius 1 is 1.31 bits per heavy atom. The molecule has 0 saturated heterocycles. The largest absolute Gasteiger partial charge is 0.478 e. The van der Waals surface area contributed by atoms with Crippen LogP contribution < -0.4 is 5.32 Å². The average Bonchev–Trinajstić information content (AvgIpc) is 2.20. The molecule has 0 aliphatic carbocycles. The molecule has 0 aliphatic heterocycles. The summed E-state index contributed by atoms with van der Waals surface area (Å²) in [7, 11) is 0. The van der Waals surface area contributed by atoms with Gasteiger partial charge in [-0.2, -0.15) is 0 Å². The molecule has 3 N–H and O–H groups in total. The van der Waals surface area contributed by atoms with Crippen LogP contribution in [0.4, 0.5) is 5.69 Å². The van der Waals surface area contributed by atoms with E-state index in [9.17, 15) is 9.59 Å². The van der Waals surface area contributed by atoms with E-state index in [1.165, 1.54) is 6.07 Å². The summed E-state index contributed by atoms with van der Waals surface area (Å²) in [6, 6.07) is 2.50. The lowest BCUT2D eigenvalue weighted by Gasteiger charge is -2.11. The molecule has 0 bridgehead atoms. The zero-order chi connectivity index (χ0) is 12.3. The van der Waals surface area contributed by atoms with Crippen LogP contribution in [-0.4, -0.2) is 28.7 Å². The lowest BCUT2D eigenvalue weighted by Crippen LogP contribution is -2.09. The molecular formula is C10H10BrNO4. The van der Waals surface area contributed by atoms with Crippen molar-refractivity contribution in [1.29, 1.82) is 0 Å². The van der Waals surface area contributed by atoms with E-state index in [1.807, 2.05) is 6.92 Å². The predicted molar refractivity (Wildman–Crippen MR) is 62.2 cm³/mol. The fourth-order valence-corrected chi connectivity index (χ4v) is 1.86. The van der Waals surface area contributed by atoms with Gasteiger partial charge in [0.25, 0.3) is 0 Å². The minimum absolute atomic E-state index is 0.0615. The maximum atomic E-state index is 11.0. The third-order valence-electron chi connectivity index (χ3n) is 1.92.